The van der Waals surface area contributed by atoms with Crippen LogP contribution in [0.2, 0.25) is 0 Å². The number of nitrogens with zero attached hydrogens (tertiary/aromatic N) is 2. The Kier molecular flexibility index (Phi) is 3.75. The highest BCUT2D eigenvalue weighted by atomic mass is 79.9. The van der Waals surface area contributed by atoms with Crippen LogP contribution in [0, 0.1) is 0 Å². The van der Waals surface area contributed by atoms with E-state index in [0.717, 1.165) is 34.3 Å². The standard InChI is InChI=1S/C14H12BrN3S/c15-13-3-1-2-12-11(13)5-7-17-14(12)16-6-4-10-8-19-9-18-10/h1-3,5,7-9H,4,6H2,(H,16,17). The molecule has 3 nitrogen and oxygen atoms in total. The third-order valence-corrected chi connectivity index (χ3v) is 4.24. The molecule has 0 atom stereocenters. The summed E-state index contributed by atoms with van der Waals surface area (Å²) in [5, 5.41) is 7.77. The summed E-state index contributed by atoms with van der Waals surface area (Å²) in [6.45, 7) is 0.836. The summed E-state index contributed by atoms with van der Waals surface area (Å²) in [5.74, 6) is 0.925. The molecule has 2 aromatic heterocycles. The number of hydrogen-bond donors (Lipinski definition) is 1. The molecule has 0 amide bonds. The van der Waals surface area contributed by atoms with Crippen molar-refractivity contribution in [2.24, 2.45) is 0 Å². The fourth-order valence-electron chi connectivity index (χ4n) is 1.98. The summed E-state index contributed by atoms with van der Waals surface area (Å²) in [7, 11) is 0. The predicted octanol–water partition coefficient (Wildman–Crippen LogP) is 4.11. The van der Waals surface area contributed by atoms with Gasteiger partial charge in [0.05, 0.1) is 11.2 Å². The Labute approximate surface area is 123 Å². The molecule has 5 heteroatoms. The molecule has 1 N–H and O–H groups in total. The Morgan fingerprint density at radius 2 is 2.11 bits per heavy atom. The van der Waals surface area contributed by atoms with E-state index in [-0.39, 0.29) is 0 Å². The molecule has 0 fully saturated rings. The fourth-order valence-corrected chi connectivity index (χ4v) is 3.07. The highest BCUT2D eigenvalue weighted by Crippen LogP contribution is 2.27. The van der Waals surface area contributed by atoms with E-state index in [0.29, 0.717) is 0 Å². The predicted molar refractivity (Wildman–Crippen MR) is 83.8 cm³/mol. The molecule has 19 heavy (non-hydrogen) atoms. The highest BCUT2D eigenvalue weighted by Gasteiger charge is 2.04. The van der Waals surface area contributed by atoms with Crippen LogP contribution >= 0.6 is 27.3 Å². The van der Waals surface area contributed by atoms with Crippen LogP contribution in [0.3, 0.4) is 0 Å². The molecule has 0 bridgehead atoms. The second-order valence-electron chi connectivity index (χ2n) is 4.15. The molecular formula is C14H12BrN3S. The minimum atomic E-state index is 0.836. The van der Waals surface area contributed by atoms with Crippen molar-refractivity contribution in [3.8, 4) is 0 Å². The van der Waals surface area contributed by atoms with Crippen LogP contribution in [0.1, 0.15) is 5.69 Å². The first-order valence-electron chi connectivity index (χ1n) is 5.99. The number of benzene rings is 1. The SMILES string of the molecule is Brc1cccc2c(NCCc3cscn3)nccc12. The number of rotatable bonds is 4. The van der Waals surface area contributed by atoms with E-state index in [4.69, 9.17) is 0 Å². The number of nitrogens with one attached hydrogen (secondary N) is 1. The molecular weight excluding hydrogens is 322 g/mol. The highest BCUT2D eigenvalue weighted by molar-refractivity contribution is 9.10. The van der Waals surface area contributed by atoms with Crippen molar-refractivity contribution < 1.29 is 0 Å². The molecule has 0 unspecified atom stereocenters. The average Bonchev–Trinajstić information content (AvgIpc) is 2.93. The van der Waals surface area contributed by atoms with E-state index in [1.807, 2.05) is 29.9 Å². The van der Waals surface area contributed by atoms with Crippen LogP contribution in [0.25, 0.3) is 10.8 Å². The van der Waals surface area contributed by atoms with E-state index in [2.05, 4.69) is 42.7 Å². The number of fused-ring (bicyclic) bond motifs is 1. The first-order chi connectivity index (χ1) is 9.34. The first kappa shape index (κ1) is 12.6. The van der Waals surface area contributed by atoms with E-state index in [1.165, 1.54) is 5.39 Å². The van der Waals surface area contributed by atoms with Crippen LogP contribution in [-0.2, 0) is 6.42 Å². The molecule has 0 saturated carbocycles. The molecule has 2 heterocycles. The van der Waals surface area contributed by atoms with Crippen molar-refractivity contribution in [2.75, 3.05) is 11.9 Å². The van der Waals surface area contributed by atoms with E-state index in [9.17, 15) is 0 Å². The maximum Gasteiger partial charge on any atom is 0.133 e. The topological polar surface area (TPSA) is 37.8 Å². The minimum Gasteiger partial charge on any atom is -0.369 e. The van der Waals surface area contributed by atoms with Gasteiger partial charge < -0.3 is 5.32 Å². The summed E-state index contributed by atoms with van der Waals surface area (Å²) in [6.07, 6.45) is 2.74. The van der Waals surface area contributed by atoms with Crippen LogP contribution < -0.4 is 5.32 Å². The second kappa shape index (κ2) is 5.67. The molecule has 0 aliphatic rings. The maximum atomic E-state index is 4.42. The zero-order valence-corrected chi connectivity index (χ0v) is 12.5. The van der Waals surface area contributed by atoms with Gasteiger partial charge in [-0.2, -0.15) is 0 Å². The second-order valence-corrected chi connectivity index (χ2v) is 5.72. The third-order valence-electron chi connectivity index (χ3n) is 2.91. The molecule has 96 valence electrons. The van der Waals surface area contributed by atoms with Gasteiger partial charge in [-0.25, -0.2) is 9.97 Å². The summed E-state index contributed by atoms with van der Waals surface area (Å²) in [6, 6.07) is 8.17. The summed E-state index contributed by atoms with van der Waals surface area (Å²) in [4.78, 5) is 8.69. The average molecular weight is 334 g/mol. The molecule has 0 spiro atoms. The Morgan fingerprint density at radius 1 is 1.16 bits per heavy atom. The van der Waals surface area contributed by atoms with Crippen molar-refractivity contribution in [2.45, 2.75) is 6.42 Å². The summed E-state index contributed by atoms with van der Waals surface area (Å²) >= 11 is 5.20. The van der Waals surface area contributed by atoms with Crippen LogP contribution in [-0.4, -0.2) is 16.5 Å². The Bertz CT molecular complexity index is 682. The van der Waals surface area contributed by atoms with Gasteiger partial charge in [-0.1, -0.05) is 28.1 Å². The van der Waals surface area contributed by atoms with Gasteiger partial charge in [0.2, 0.25) is 0 Å². The zero-order chi connectivity index (χ0) is 13.1. The monoisotopic (exact) mass is 333 g/mol. The van der Waals surface area contributed by atoms with Crippen LogP contribution in [0.4, 0.5) is 5.82 Å². The van der Waals surface area contributed by atoms with Gasteiger partial charge in [-0.15, -0.1) is 11.3 Å². The van der Waals surface area contributed by atoms with Gasteiger partial charge in [0, 0.05) is 39.8 Å². The Morgan fingerprint density at radius 3 is 2.95 bits per heavy atom. The largest absolute Gasteiger partial charge is 0.369 e. The van der Waals surface area contributed by atoms with E-state index >= 15 is 0 Å². The lowest BCUT2D eigenvalue weighted by Gasteiger charge is -2.08. The number of hydrogen-bond acceptors (Lipinski definition) is 4. The van der Waals surface area contributed by atoms with Crippen molar-refractivity contribution in [1.29, 1.82) is 0 Å². The van der Waals surface area contributed by atoms with Crippen molar-refractivity contribution in [3.05, 3.63) is 51.5 Å². The van der Waals surface area contributed by atoms with Gasteiger partial charge in [0.1, 0.15) is 5.82 Å². The quantitative estimate of drug-likeness (QED) is 0.780. The molecule has 0 aliphatic heterocycles. The number of aromatic nitrogens is 2. The number of halogens is 1. The van der Waals surface area contributed by atoms with Crippen molar-refractivity contribution in [1.82, 2.24) is 9.97 Å². The van der Waals surface area contributed by atoms with Crippen molar-refractivity contribution >= 4 is 43.9 Å². The van der Waals surface area contributed by atoms with Crippen LogP contribution in [0.5, 0.6) is 0 Å². The molecule has 0 aliphatic carbocycles. The summed E-state index contributed by atoms with van der Waals surface area (Å²) < 4.78 is 1.09. The number of anilines is 1. The fraction of sp³-hybridized carbons (Fsp3) is 0.143. The maximum absolute atomic E-state index is 4.42. The summed E-state index contributed by atoms with van der Waals surface area (Å²) in [5.41, 5.74) is 2.99. The molecule has 3 aromatic rings. The van der Waals surface area contributed by atoms with E-state index in [1.54, 1.807) is 11.3 Å². The Hall–Kier alpha value is -1.46. The lowest BCUT2D eigenvalue weighted by Crippen LogP contribution is -2.06. The van der Waals surface area contributed by atoms with Gasteiger partial charge in [-0.3, -0.25) is 0 Å². The zero-order valence-electron chi connectivity index (χ0n) is 10.1. The van der Waals surface area contributed by atoms with E-state index < -0.39 is 0 Å². The molecule has 1 aromatic carbocycles. The van der Waals surface area contributed by atoms with Gasteiger partial charge >= 0.3 is 0 Å². The first-order valence-corrected chi connectivity index (χ1v) is 7.72. The number of pyridine rings is 1. The minimum absolute atomic E-state index is 0.836. The number of thiazole rings is 1. The van der Waals surface area contributed by atoms with Gasteiger partial charge in [0.15, 0.2) is 0 Å². The normalized spacial score (nSPS) is 10.8. The van der Waals surface area contributed by atoms with Gasteiger partial charge in [0.25, 0.3) is 0 Å². The van der Waals surface area contributed by atoms with Crippen LogP contribution in [0.15, 0.2) is 45.8 Å². The lowest BCUT2D eigenvalue weighted by molar-refractivity contribution is 0.971. The molecule has 0 radical (unpaired) electrons. The van der Waals surface area contributed by atoms with Gasteiger partial charge in [-0.05, 0) is 12.1 Å². The lowest BCUT2D eigenvalue weighted by atomic mass is 10.1. The molecule has 0 saturated heterocycles. The Balaban J connectivity index is 1.79. The molecule has 3 rings (SSSR count). The van der Waals surface area contributed by atoms with Crippen molar-refractivity contribution in [3.63, 3.8) is 0 Å². The third kappa shape index (κ3) is 2.77. The smallest absolute Gasteiger partial charge is 0.133 e.